The molecule has 0 aliphatic carbocycles. The summed E-state index contributed by atoms with van der Waals surface area (Å²) >= 11 is 12.0. The van der Waals surface area contributed by atoms with Crippen LogP contribution in [0, 0.1) is 0 Å². The van der Waals surface area contributed by atoms with Gasteiger partial charge in [-0.25, -0.2) is 4.99 Å². The third-order valence-electron chi connectivity index (χ3n) is 4.20. The SMILES string of the molecule is CN1CCN(C2=NC(C(=O)Nc3cc(Cl)ccc3Cl)CC(=O)N2)CC1. The minimum absolute atomic E-state index is 0.00125. The summed E-state index contributed by atoms with van der Waals surface area (Å²) in [6.45, 7) is 3.27. The fraction of sp³-hybridized carbons (Fsp3) is 0.438. The molecule has 0 bridgehead atoms. The Labute approximate surface area is 156 Å². The summed E-state index contributed by atoms with van der Waals surface area (Å²) in [5.41, 5.74) is 0.404. The highest BCUT2D eigenvalue weighted by molar-refractivity contribution is 6.35. The number of aliphatic imine (C=N–C) groups is 1. The predicted octanol–water partition coefficient (Wildman–Crippen LogP) is 1.42. The van der Waals surface area contributed by atoms with Gasteiger partial charge < -0.3 is 15.1 Å². The zero-order valence-electron chi connectivity index (χ0n) is 13.8. The van der Waals surface area contributed by atoms with Crippen LogP contribution in [0.25, 0.3) is 0 Å². The Morgan fingerprint density at radius 1 is 1.28 bits per heavy atom. The Balaban J connectivity index is 1.73. The molecule has 1 fully saturated rings. The number of hydrogen-bond donors (Lipinski definition) is 2. The second-order valence-electron chi connectivity index (χ2n) is 6.12. The lowest BCUT2D eigenvalue weighted by atomic mass is 10.1. The van der Waals surface area contributed by atoms with Crippen LogP contribution in [-0.2, 0) is 9.59 Å². The molecule has 2 amide bonds. The average Bonchev–Trinajstić information content (AvgIpc) is 2.58. The molecule has 2 N–H and O–H groups in total. The molecule has 7 nitrogen and oxygen atoms in total. The number of benzene rings is 1. The normalized spacial score (nSPS) is 21.6. The van der Waals surface area contributed by atoms with E-state index in [2.05, 4.69) is 20.5 Å². The summed E-state index contributed by atoms with van der Waals surface area (Å²) in [6, 6.07) is 4.01. The minimum Gasteiger partial charge on any atom is -0.340 e. The summed E-state index contributed by atoms with van der Waals surface area (Å²) < 4.78 is 0. The smallest absolute Gasteiger partial charge is 0.249 e. The Morgan fingerprint density at radius 3 is 2.72 bits per heavy atom. The number of anilines is 1. The van der Waals surface area contributed by atoms with E-state index in [1.165, 1.54) is 0 Å². The van der Waals surface area contributed by atoms with Crippen LogP contribution in [0.4, 0.5) is 5.69 Å². The largest absolute Gasteiger partial charge is 0.340 e. The van der Waals surface area contributed by atoms with Crippen molar-refractivity contribution in [2.45, 2.75) is 12.5 Å². The first kappa shape index (κ1) is 18.0. The molecule has 1 aromatic carbocycles. The summed E-state index contributed by atoms with van der Waals surface area (Å²) in [4.78, 5) is 33.2. The van der Waals surface area contributed by atoms with Crippen molar-refractivity contribution in [1.82, 2.24) is 15.1 Å². The fourth-order valence-corrected chi connectivity index (χ4v) is 3.05. The molecule has 0 radical (unpaired) electrons. The number of carbonyl (C=O) groups excluding carboxylic acids is 2. The Hall–Kier alpha value is -1.83. The fourth-order valence-electron chi connectivity index (χ4n) is 2.72. The van der Waals surface area contributed by atoms with Crippen LogP contribution < -0.4 is 10.6 Å². The first-order valence-electron chi connectivity index (χ1n) is 7.99. The van der Waals surface area contributed by atoms with Crippen molar-refractivity contribution in [2.24, 2.45) is 4.99 Å². The summed E-state index contributed by atoms with van der Waals surface area (Å²) in [5.74, 6) is -0.145. The van der Waals surface area contributed by atoms with Crippen molar-refractivity contribution in [3.05, 3.63) is 28.2 Å². The number of halogens is 2. The van der Waals surface area contributed by atoms with E-state index in [0.29, 0.717) is 21.7 Å². The molecule has 1 saturated heterocycles. The summed E-state index contributed by atoms with van der Waals surface area (Å²) in [6.07, 6.45) is 0.00125. The molecule has 1 aromatic rings. The van der Waals surface area contributed by atoms with Gasteiger partial charge in [-0.05, 0) is 25.2 Å². The molecule has 0 spiro atoms. The van der Waals surface area contributed by atoms with Gasteiger partial charge in [-0.15, -0.1) is 0 Å². The lowest BCUT2D eigenvalue weighted by Crippen LogP contribution is -2.55. The average molecular weight is 384 g/mol. The zero-order chi connectivity index (χ0) is 18.0. The number of nitrogens with one attached hydrogen (secondary N) is 2. The second kappa shape index (κ2) is 7.59. The lowest BCUT2D eigenvalue weighted by Gasteiger charge is -2.36. The van der Waals surface area contributed by atoms with Gasteiger partial charge >= 0.3 is 0 Å². The van der Waals surface area contributed by atoms with Crippen molar-refractivity contribution < 1.29 is 9.59 Å². The molecule has 2 aliphatic heterocycles. The molecule has 2 heterocycles. The van der Waals surface area contributed by atoms with Gasteiger partial charge in [0.25, 0.3) is 0 Å². The van der Waals surface area contributed by atoms with Gasteiger partial charge in [0.1, 0.15) is 6.04 Å². The minimum atomic E-state index is -0.793. The Morgan fingerprint density at radius 2 is 2.00 bits per heavy atom. The molecule has 0 saturated carbocycles. The maximum absolute atomic E-state index is 12.5. The predicted molar refractivity (Wildman–Crippen MR) is 98.1 cm³/mol. The Bertz CT molecular complexity index is 716. The van der Waals surface area contributed by atoms with E-state index in [1.54, 1.807) is 18.2 Å². The number of carbonyl (C=O) groups is 2. The van der Waals surface area contributed by atoms with Crippen LogP contribution >= 0.6 is 23.2 Å². The van der Waals surface area contributed by atoms with Gasteiger partial charge in [0.2, 0.25) is 17.8 Å². The lowest BCUT2D eigenvalue weighted by molar-refractivity contribution is -0.125. The number of likely N-dealkylation sites (N-methyl/N-ethyl adjacent to an activating group) is 1. The van der Waals surface area contributed by atoms with Crippen LogP contribution in [0.15, 0.2) is 23.2 Å². The van der Waals surface area contributed by atoms with Gasteiger partial charge in [0, 0.05) is 31.2 Å². The molecule has 1 atom stereocenters. The molecule has 9 heteroatoms. The number of nitrogens with zero attached hydrogens (tertiary/aromatic N) is 3. The quantitative estimate of drug-likeness (QED) is 0.809. The second-order valence-corrected chi connectivity index (χ2v) is 6.97. The number of guanidine groups is 1. The number of piperazine rings is 1. The van der Waals surface area contributed by atoms with Gasteiger partial charge in [-0.2, -0.15) is 0 Å². The van der Waals surface area contributed by atoms with Gasteiger partial charge in [0.05, 0.1) is 17.1 Å². The van der Waals surface area contributed by atoms with Gasteiger partial charge in [0.15, 0.2) is 0 Å². The van der Waals surface area contributed by atoms with Gasteiger partial charge in [-0.3, -0.25) is 14.9 Å². The van der Waals surface area contributed by atoms with E-state index in [1.807, 2.05) is 11.9 Å². The summed E-state index contributed by atoms with van der Waals surface area (Å²) in [7, 11) is 2.05. The Kier molecular flexibility index (Phi) is 5.46. The van der Waals surface area contributed by atoms with Crippen molar-refractivity contribution in [3.63, 3.8) is 0 Å². The first-order chi connectivity index (χ1) is 11.9. The molecule has 0 aromatic heterocycles. The van der Waals surface area contributed by atoms with E-state index in [9.17, 15) is 9.59 Å². The highest BCUT2D eigenvalue weighted by atomic mass is 35.5. The standard InChI is InChI=1S/C16H19Cl2N5O2/c1-22-4-6-23(7-5-22)16-20-13(9-14(24)21-16)15(25)19-12-8-10(17)2-3-11(12)18/h2-3,8,13H,4-7,9H2,1H3,(H,19,25)(H,20,21,24). The topological polar surface area (TPSA) is 77.0 Å². The van der Waals surface area contributed by atoms with E-state index in [0.717, 1.165) is 26.2 Å². The van der Waals surface area contributed by atoms with E-state index < -0.39 is 6.04 Å². The van der Waals surface area contributed by atoms with Crippen molar-refractivity contribution in [2.75, 3.05) is 38.5 Å². The molecule has 25 heavy (non-hydrogen) atoms. The van der Waals surface area contributed by atoms with Crippen molar-refractivity contribution in [3.8, 4) is 0 Å². The number of hydrogen-bond acceptors (Lipinski definition) is 5. The molecule has 1 unspecified atom stereocenters. The molecule has 3 rings (SSSR count). The van der Waals surface area contributed by atoms with Crippen LogP contribution in [0.1, 0.15) is 6.42 Å². The third-order valence-corrected chi connectivity index (χ3v) is 4.76. The van der Waals surface area contributed by atoms with Crippen LogP contribution in [-0.4, -0.2) is 66.8 Å². The molecular formula is C16H19Cl2N5O2. The van der Waals surface area contributed by atoms with E-state index in [-0.39, 0.29) is 18.2 Å². The zero-order valence-corrected chi connectivity index (χ0v) is 15.3. The maximum Gasteiger partial charge on any atom is 0.249 e. The number of rotatable bonds is 2. The van der Waals surface area contributed by atoms with Crippen LogP contribution in [0.3, 0.4) is 0 Å². The van der Waals surface area contributed by atoms with Crippen LogP contribution in [0.2, 0.25) is 10.0 Å². The van der Waals surface area contributed by atoms with Crippen molar-refractivity contribution >= 4 is 46.7 Å². The van der Waals surface area contributed by atoms with E-state index >= 15 is 0 Å². The monoisotopic (exact) mass is 383 g/mol. The third kappa shape index (κ3) is 4.42. The molecule has 134 valence electrons. The highest BCUT2D eigenvalue weighted by Crippen LogP contribution is 2.26. The van der Waals surface area contributed by atoms with Gasteiger partial charge in [-0.1, -0.05) is 23.2 Å². The number of amides is 2. The summed E-state index contributed by atoms with van der Waals surface area (Å²) in [5, 5.41) is 6.30. The van der Waals surface area contributed by atoms with Crippen molar-refractivity contribution in [1.29, 1.82) is 0 Å². The van der Waals surface area contributed by atoms with Crippen LogP contribution in [0.5, 0.6) is 0 Å². The van der Waals surface area contributed by atoms with E-state index in [4.69, 9.17) is 23.2 Å². The molecule has 2 aliphatic rings. The first-order valence-corrected chi connectivity index (χ1v) is 8.75. The maximum atomic E-state index is 12.5. The molecular weight excluding hydrogens is 365 g/mol. The highest BCUT2D eigenvalue weighted by Gasteiger charge is 2.30.